The standard InChI is InChI=1S/C13H16N2O2/c16-9-10-4-3-7-15(8-10)13-14-11-5-1-2-6-12(11)17-13/h1-2,5-6,10,16H,3-4,7-9H2/t10-/m0/s1. The van der Waals surface area contributed by atoms with Crippen LogP contribution in [-0.4, -0.2) is 29.8 Å². The Bertz CT molecular complexity index is 476. The third-order valence-electron chi connectivity index (χ3n) is 3.33. The summed E-state index contributed by atoms with van der Waals surface area (Å²) < 4.78 is 5.73. The van der Waals surface area contributed by atoms with Gasteiger partial charge in [-0.2, -0.15) is 4.98 Å². The lowest BCUT2D eigenvalue weighted by molar-refractivity contribution is 0.207. The lowest BCUT2D eigenvalue weighted by Crippen LogP contribution is -2.36. The summed E-state index contributed by atoms with van der Waals surface area (Å²) in [6, 6.07) is 8.48. The molecule has 2 aromatic rings. The molecule has 1 aromatic carbocycles. The Hall–Kier alpha value is -1.55. The minimum atomic E-state index is 0.247. The van der Waals surface area contributed by atoms with E-state index < -0.39 is 0 Å². The van der Waals surface area contributed by atoms with Crippen LogP contribution in [0.5, 0.6) is 0 Å². The van der Waals surface area contributed by atoms with Crippen molar-refractivity contribution in [2.45, 2.75) is 12.8 Å². The zero-order valence-electron chi connectivity index (χ0n) is 9.67. The number of para-hydroxylation sites is 2. The summed E-state index contributed by atoms with van der Waals surface area (Å²) in [7, 11) is 0. The van der Waals surface area contributed by atoms with Crippen LogP contribution in [0.1, 0.15) is 12.8 Å². The molecule has 1 fully saturated rings. The van der Waals surface area contributed by atoms with Gasteiger partial charge in [-0.3, -0.25) is 0 Å². The molecule has 0 aliphatic carbocycles. The molecule has 0 radical (unpaired) electrons. The second-order valence-electron chi connectivity index (χ2n) is 4.60. The average molecular weight is 232 g/mol. The highest BCUT2D eigenvalue weighted by atomic mass is 16.4. The summed E-state index contributed by atoms with van der Waals surface area (Å²) >= 11 is 0. The molecule has 4 nitrogen and oxygen atoms in total. The second-order valence-corrected chi connectivity index (χ2v) is 4.60. The van der Waals surface area contributed by atoms with Gasteiger partial charge in [0, 0.05) is 19.7 Å². The zero-order valence-corrected chi connectivity index (χ0v) is 9.67. The number of rotatable bonds is 2. The minimum Gasteiger partial charge on any atom is -0.423 e. The number of hydrogen-bond donors (Lipinski definition) is 1. The number of nitrogens with zero attached hydrogens (tertiary/aromatic N) is 2. The van der Waals surface area contributed by atoms with Gasteiger partial charge in [-0.05, 0) is 30.9 Å². The number of aromatic nitrogens is 1. The number of aliphatic hydroxyl groups excluding tert-OH is 1. The van der Waals surface area contributed by atoms with Crippen LogP contribution in [0.3, 0.4) is 0 Å². The molecule has 0 spiro atoms. The highest BCUT2D eigenvalue weighted by molar-refractivity contribution is 5.74. The molecule has 0 unspecified atom stereocenters. The molecule has 1 saturated heterocycles. The monoisotopic (exact) mass is 232 g/mol. The van der Waals surface area contributed by atoms with Crippen LogP contribution in [0.15, 0.2) is 28.7 Å². The first-order valence-corrected chi connectivity index (χ1v) is 6.08. The van der Waals surface area contributed by atoms with Crippen molar-refractivity contribution in [1.82, 2.24) is 4.98 Å². The maximum Gasteiger partial charge on any atom is 0.298 e. The van der Waals surface area contributed by atoms with Gasteiger partial charge in [0.15, 0.2) is 5.58 Å². The number of hydrogen-bond acceptors (Lipinski definition) is 4. The molecule has 1 N–H and O–H groups in total. The highest BCUT2D eigenvalue weighted by Crippen LogP contribution is 2.25. The summed E-state index contributed by atoms with van der Waals surface area (Å²) in [5.74, 6) is 0.346. The Kier molecular flexibility index (Phi) is 2.73. The molecule has 90 valence electrons. The molecule has 3 rings (SSSR count). The predicted octanol–water partition coefficient (Wildman–Crippen LogP) is 2.04. The summed E-state index contributed by atoms with van der Waals surface area (Å²) in [5, 5.41) is 9.22. The van der Waals surface area contributed by atoms with E-state index in [-0.39, 0.29) is 6.61 Å². The Morgan fingerprint density at radius 3 is 3.12 bits per heavy atom. The van der Waals surface area contributed by atoms with Crippen LogP contribution in [0.25, 0.3) is 11.1 Å². The second kappa shape index (κ2) is 4.37. The van der Waals surface area contributed by atoms with Gasteiger partial charge in [0.2, 0.25) is 0 Å². The SMILES string of the molecule is OC[C@H]1CCCN(c2nc3ccccc3o2)C1. The molecule has 2 heterocycles. The van der Waals surface area contributed by atoms with E-state index in [1.165, 1.54) is 0 Å². The minimum absolute atomic E-state index is 0.247. The van der Waals surface area contributed by atoms with E-state index in [0.717, 1.165) is 37.0 Å². The predicted molar refractivity (Wildman–Crippen MR) is 66.0 cm³/mol. The normalized spacial score (nSPS) is 21.0. The number of oxazole rings is 1. The van der Waals surface area contributed by atoms with E-state index in [1.807, 2.05) is 24.3 Å². The van der Waals surface area contributed by atoms with Gasteiger partial charge in [-0.1, -0.05) is 12.1 Å². The first-order valence-electron chi connectivity index (χ1n) is 6.08. The molecule has 1 aliphatic heterocycles. The fraction of sp³-hybridized carbons (Fsp3) is 0.462. The summed E-state index contributed by atoms with van der Waals surface area (Å²) in [5.41, 5.74) is 1.72. The lowest BCUT2D eigenvalue weighted by Gasteiger charge is -2.30. The van der Waals surface area contributed by atoms with Crippen LogP contribution >= 0.6 is 0 Å². The molecule has 0 amide bonds. The Morgan fingerprint density at radius 1 is 1.41 bits per heavy atom. The van der Waals surface area contributed by atoms with Crippen molar-refractivity contribution in [3.05, 3.63) is 24.3 Å². The number of anilines is 1. The summed E-state index contributed by atoms with van der Waals surface area (Å²) in [6.07, 6.45) is 2.18. The van der Waals surface area contributed by atoms with E-state index >= 15 is 0 Å². The molecule has 0 saturated carbocycles. The number of aliphatic hydroxyl groups is 1. The van der Waals surface area contributed by atoms with E-state index in [9.17, 15) is 5.11 Å². The van der Waals surface area contributed by atoms with Gasteiger partial charge in [0.05, 0.1) is 0 Å². The van der Waals surface area contributed by atoms with Crippen LogP contribution in [0.4, 0.5) is 6.01 Å². The van der Waals surface area contributed by atoms with E-state index in [1.54, 1.807) is 0 Å². The van der Waals surface area contributed by atoms with E-state index in [0.29, 0.717) is 11.9 Å². The van der Waals surface area contributed by atoms with Gasteiger partial charge < -0.3 is 14.4 Å². The van der Waals surface area contributed by atoms with Gasteiger partial charge in [-0.15, -0.1) is 0 Å². The third-order valence-corrected chi connectivity index (χ3v) is 3.33. The number of fused-ring (bicyclic) bond motifs is 1. The number of benzene rings is 1. The molecule has 17 heavy (non-hydrogen) atoms. The fourth-order valence-corrected chi connectivity index (χ4v) is 2.38. The highest BCUT2D eigenvalue weighted by Gasteiger charge is 2.22. The molecular formula is C13H16N2O2. The molecule has 1 aliphatic rings. The molecule has 1 aromatic heterocycles. The summed E-state index contributed by atoms with van der Waals surface area (Å²) in [4.78, 5) is 6.61. The van der Waals surface area contributed by atoms with E-state index in [4.69, 9.17) is 4.42 Å². The Morgan fingerprint density at radius 2 is 2.29 bits per heavy atom. The van der Waals surface area contributed by atoms with Crippen molar-refractivity contribution in [1.29, 1.82) is 0 Å². The quantitative estimate of drug-likeness (QED) is 0.860. The molecular weight excluding hydrogens is 216 g/mol. The maximum atomic E-state index is 9.22. The first-order chi connectivity index (χ1) is 8.36. The van der Waals surface area contributed by atoms with Crippen molar-refractivity contribution in [2.24, 2.45) is 5.92 Å². The lowest BCUT2D eigenvalue weighted by atomic mass is 10.00. The van der Waals surface area contributed by atoms with Crippen molar-refractivity contribution in [3.8, 4) is 0 Å². The fourth-order valence-electron chi connectivity index (χ4n) is 2.38. The van der Waals surface area contributed by atoms with Crippen LogP contribution in [-0.2, 0) is 0 Å². The van der Waals surface area contributed by atoms with Crippen LogP contribution in [0.2, 0.25) is 0 Å². The van der Waals surface area contributed by atoms with E-state index in [2.05, 4.69) is 9.88 Å². The Balaban J connectivity index is 1.87. The Labute approximate surface area is 99.9 Å². The van der Waals surface area contributed by atoms with Crippen LogP contribution < -0.4 is 4.90 Å². The van der Waals surface area contributed by atoms with Crippen LogP contribution in [0, 0.1) is 5.92 Å². The number of piperidine rings is 1. The molecule has 0 bridgehead atoms. The van der Waals surface area contributed by atoms with Gasteiger partial charge in [0.25, 0.3) is 6.01 Å². The van der Waals surface area contributed by atoms with Crippen molar-refractivity contribution < 1.29 is 9.52 Å². The van der Waals surface area contributed by atoms with Crippen molar-refractivity contribution in [2.75, 3.05) is 24.6 Å². The third kappa shape index (κ3) is 2.00. The zero-order chi connectivity index (χ0) is 11.7. The smallest absolute Gasteiger partial charge is 0.298 e. The molecule has 4 heteroatoms. The topological polar surface area (TPSA) is 49.5 Å². The average Bonchev–Trinajstić information content (AvgIpc) is 2.82. The van der Waals surface area contributed by atoms with Crippen molar-refractivity contribution in [3.63, 3.8) is 0 Å². The largest absolute Gasteiger partial charge is 0.423 e. The van der Waals surface area contributed by atoms with Crippen molar-refractivity contribution >= 4 is 17.1 Å². The first kappa shape index (κ1) is 10.6. The summed E-state index contributed by atoms with van der Waals surface area (Å²) in [6.45, 7) is 2.05. The van der Waals surface area contributed by atoms with Gasteiger partial charge in [0.1, 0.15) is 5.52 Å². The maximum absolute atomic E-state index is 9.22. The van der Waals surface area contributed by atoms with Gasteiger partial charge >= 0.3 is 0 Å². The van der Waals surface area contributed by atoms with Gasteiger partial charge in [-0.25, -0.2) is 0 Å². The molecule has 1 atom stereocenters.